The highest BCUT2D eigenvalue weighted by Crippen LogP contribution is 2.32. The van der Waals surface area contributed by atoms with Crippen LogP contribution >= 0.6 is 0 Å². The van der Waals surface area contributed by atoms with Gasteiger partial charge >= 0.3 is 0 Å². The van der Waals surface area contributed by atoms with Gasteiger partial charge in [-0.25, -0.2) is 0 Å². The molecule has 2 aliphatic carbocycles. The fourth-order valence-electron chi connectivity index (χ4n) is 2.82. The molecule has 0 aromatic carbocycles. The summed E-state index contributed by atoms with van der Waals surface area (Å²) in [6, 6.07) is 0.537. The predicted molar refractivity (Wildman–Crippen MR) is 69.6 cm³/mol. The Morgan fingerprint density at radius 2 is 1.82 bits per heavy atom. The minimum atomic E-state index is 0.356. The number of carbonyl (C=O) groups excluding carboxylic acids is 1. The van der Waals surface area contributed by atoms with Crippen molar-refractivity contribution in [2.45, 2.75) is 63.8 Å². The van der Waals surface area contributed by atoms with E-state index in [4.69, 9.17) is 5.73 Å². The third kappa shape index (κ3) is 3.98. The number of hydrogen-bond acceptors (Lipinski definition) is 2. The van der Waals surface area contributed by atoms with Gasteiger partial charge in [0, 0.05) is 19.0 Å². The molecule has 98 valence electrons. The summed E-state index contributed by atoms with van der Waals surface area (Å²) in [5, 5.41) is 0. The Morgan fingerprint density at radius 3 is 2.41 bits per heavy atom. The predicted octanol–water partition coefficient (Wildman–Crippen LogP) is 2.30. The number of amides is 1. The smallest absolute Gasteiger partial charge is 0.222 e. The van der Waals surface area contributed by atoms with E-state index in [-0.39, 0.29) is 0 Å². The van der Waals surface area contributed by atoms with Crippen molar-refractivity contribution in [3.8, 4) is 0 Å². The first-order valence-electron chi connectivity index (χ1n) is 7.31. The van der Waals surface area contributed by atoms with Gasteiger partial charge in [0.1, 0.15) is 0 Å². The molecule has 2 saturated carbocycles. The van der Waals surface area contributed by atoms with Gasteiger partial charge in [0.15, 0.2) is 0 Å². The standard InChI is InChI=1S/C14H26N2O/c15-10-4-7-14(17)16(11-12-8-9-12)13-5-2-1-3-6-13/h12-13H,1-11,15H2. The van der Waals surface area contributed by atoms with Crippen LogP contribution in [0, 0.1) is 5.92 Å². The topological polar surface area (TPSA) is 46.3 Å². The fourth-order valence-corrected chi connectivity index (χ4v) is 2.82. The molecule has 0 heterocycles. The van der Waals surface area contributed by atoms with Crippen molar-refractivity contribution in [2.24, 2.45) is 11.7 Å². The summed E-state index contributed by atoms with van der Waals surface area (Å²) in [5.74, 6) is 1.16. The van der Waals surface area contributed by atoms with E-state index < -0.39 is 0 Å². The average Bonchev–Trinajstić information content (AvgIpc) is 3.18. The van der Waals surface area contributed by atoms with Gasteiger partial charge in [-0.05, 0) is 44.6 Å². The molecule has 0 aromatic rings. The molecule has 0 spiro atoms. The molecule has 3 nitrogen and oxygen atoms in total. The average molecular weight is 238 g/mol. The van der Waals surface area contributed by atoms with E-state index in [1.807, 2.05) is 0 Å². The van der Waals surface area contributed by atoms with E-state index in [1.54, 1.807) is 0 Å². The molecule has 1 amide bonds. The molecule has 0 unspecified atom stereocenters. The zero-order chi connectivity index (χ0) is 12.1. The van der Waals surface area contributed by atoms with Crippen LogP contribution in [0.4, 0.5) is 0 Å². The van der Waals surface area contributed by atoms with Crippen molar-refractivity contribution in [3.63, 3.8) is 0 Å². The first kappa shape index (κ1) is 12.9. The summed E-state index contributed by atoms with van der Waals surface area (Å²) in [4.78, 5) is 14.4. The van der Waals surface area contributed by atoms with Gasteiger partial charge in [-0.15, -0.1) is 0 Å². The maximum atomic E-state index is 12.2. The van der Waals surface area contributed by atoms with Crippen molar-refractivity contribution in [1.82, 2.24) is 4.90 Å². The molecule has 2 rings (SSSR count). The number of nitrogens with zero attached hydrogens (tertiary/aromatic N) is 1. The molecule has 0 saturated heterocycles. The quantitative estimate of drug-likeness (QED) is 0.771. The molecule has 3 heteroatoms. The maximum absolute atomic E-state index is 12.2. The fraction of sp³-hybridized carbons (Fsp3) is 0.929. The lowest BCUT2D eigenvalue weighted by atomic mass is 9.93. The highest BCUT2D eigenvalue weighted by molar-refractivity contribution is 5.76. The van der Waals surface area contributed by atoms with E-state index in [1.165, 1.54) is 44.9 Å². The molecule has 2 N–H and O–H groups in total. The Bertz CT molecular complexity index is 245. The number of rotatable bonds is 6. The lowest BCUT2D eigenvalue weighted by molar-refractivity contribution is -0.134. The van der Waals surface area contributed by atoms with E-state index >= 15 is 0 Å². The Morgan fingerprint density at radius 1 is 1.12 bits per heavy atom. The van der Waals surface area contributed by atoms with Crippen molar-refractivity contribution in [2.75, 3.05) is 13.1 Å². The van der Waals surface area contributed by atoms with Gasteiger partial charge in [0.25, 0.3) is 0 Å². The normalized spacial score (nSPS) is 21.5. The van der Waals surface area contributed by atoms with Crippen LogP contribution in [0.1, 0.15) is 57.8 Å². The molecule has 0 aliphatic heterocycles. The van der Waals surface area contributed by atoms with Crippen LogP contribution in [0.15, 0.2) is 0 Å². The van der Waals surface area contributed by atoms with Crippen molar-refractivity contribution in [1.29, 1.82) is 0 Å². The molecule has 0 atom stereocenters. The van der Waals surface area contributed by atoms with E-state index in [0.717, 1.165) is 18.9 Å². The minimum absolute atomic E-state index is 0.356. The van der Waals surface area contributed by atoms with Gasteiger partial charge in [-0.2, -0.15) is 0 Å². The summed E-state index contributed by atoms with van der Waals surface area (Å²) < 4.78 is 0. The molecule has 0 aromatic heterocycles. The number of carbonyl (C=O) groups is 1. The summed E-state index contributed by atoms with van der Waals surface area (Å²) in [6.45, 7) is 1.65. The van der Waals surface area contributed by atoms with Crippen molar-refractivity contribution in [3.05, 3.63) is 0 Å². The van der Waals surface area contributed by atoms with Crippen molar-refractivity contribution >= 4 is 5.91 Å². The Hall–Kier alpha value is -0.570. The Labute approximate surface area is 105 Å². The number of hydrogen-bond donors (Lipinski definition) is 1. The third-order valence-corrected chi connectivity index (χ3v) is 4.08. The molecule has 0 bridgehead atoms. The maximum Gasteiger partial charge on any atom is 0.222 e. The first-order chi connectivity index (χ1) is 8.31. The zero-order valence-electron chi connectivity index (χ0n) is 10.9. The second-order valence-corrected chi connectivity index (χ2v) is 5.67. The Balaban J connectivity index is 1.88. The van der Waals surface area contributed by atoms with Crippen LogP contribution in [0.5, 0.6) is 0 Å². The van der Waals surface area contributed by atoms with Crippen LogP contribution in [0.25, 0.3) is 0 Å². The number of nitrogens with two attached hydrogens (primary N) is 1. The van der Waals surface area contributed by atoms with Gasteiger partial charge in [-0.1, -0.05) is 19.3 Å². The van der Waals surface area contributed by atoms with E-state index in [2.05, 4.69) is 4.90 Å². The van der Waals surface area contributed by atoms with Crippen molar-refractivity contribution < 1.29 is 4.79 Å². The third-order valence-electron chi connectivity index (χ3n) is 4.08. The highest BCUT2D eigenvalue weighted by Gasteiger charge is 2.31. The van der Waals surface area contributed by atoms with Crippen LogP contribution in [-0.2, 0) is 4.79 Å². The monoisotopic (exact) mass is 238 g/mol. The molecular formula is C14H26N2O. The lowest BCUT2D eigenvalue weighted by Gasteiger charge is -2.34. The van der Waals surface area contributed by atoms with Gasteiger partial charge < -0.3 is 10.6 Å². The lowest BCUT2D eigenvalue weighted by Crippen LogP contribution is -2.42. The Kier molecular flexibility index (Phi) is 4.84. The molecule has 2 fully saturated rings. The van der Waals surface area contributed by atoms with Crippen LogP contribution in [0.2, 0.25) is 0 Å². The van der Waals surface area contributed by atoms with Gasteiger partial charge in [0.05, 0.1) is 0 Å². The second kappa shape index (κ2) is 6.39. The first-order valence-corrected chi connectivity index (χ1v) is 7.31. The van der Waals surface area contributed by atoms with Crippen LogP contribution in [-0.4, -0.2) is 29.9 Å². The van der Waals surface area contributed by atoms with E-state index in [9.17, 15) is 4.79 Å². The molecular weight excluding hydrogens is 212 g/mol. The largest absolute Gasteiger partial charge is 0.339 e. The zero-order valence-corrected chi connectivity index (χ0v) is 10.9. The highest BCUT2D eigenvalue weighted by atomic mass is 16.2. The molecule has 17 heavy (non-hydrogen) atoms. The van der Waals surface area contributed by atoms with Gasteiger partial charge in [-0.3, -0.25) is 4.79 Å². The van der Waals surface area contributed by atoms with Crippen LogP contribution in [0.3, 0.4) is 0 Å². The summed E-state index contributed by atoms with van der Waals surface area (Å²) >= 11 is 0. The summed E-state index contributed by atoms with van der Waals surface area (Å²) in [5.41, 5.74) is 5.50. The van der Waals surface area contributed by atoms with E-state index in [0.29, 0.717) is 24.9 Å². The second-order valence-electron chi connectivity index (χ2n) is 5.67. The molecule has 2 aliphatic rings. The SMILES string of the molecule is NCCCC(=O)N(CC1CC1)C1CCCCC1. The van der Waals surface area contributed by atoms with Gasteiger partial charge in [0.2, 0.25) is 5.91 Å². The minimum Gasteiger partial charge on any atom is -0.339 e. The summed E-state index contributed by atoms with van der Waals surface area (Å²) in [7, 11) is 0. The van der Waals surface area contributed by atoms with Crippen LogP contribution < -0.4 is 5.73 Å². The molecule has 0 radical (unpaired) electrons. The summed E-state index contributed by atoms with van der Waals surface area (Å²) in [6.07, 6.45) is 10.5.